The maximum Gasteiger partial charge on any atom is 0.205 e. The van der Waals surface area contributed by atoms with Crippen molar-refractivity contribution < 1.29 is 0 Å². The molecule has 0 amide bonds. The van der Waals surface area contributed by atoms with Gasteiger partial charge in [0.15, 0.2) is 0 Å². The molecule has 0 unspecified atom stereocenters. The van der Waals surface area contributed by atoms with E-state index in [1.807, 2.05) is 41.8 Å². The molecule has 0 radical (unpaired) electrons. The van der Waals surface area contributed by atoms with Crippen molar-refractivity contribution in [3.8, 4) is 5.69 Å². The van der Waals surface area contributed by atoms with Crippen molar-refractivity contribution >= 4 is 40.2 Å². The van der Waals surface area contributed by atoms with Crippen molar-refractivity contribution in [3.63, 3.8) is 0 Å². The summed E-state index contributed by atoms with van der Waals surface area (Å²) >= 11 is 12.3. The molecule has 0 atom stereocenters. The van der Waals surface area contributed by atoms with Gasteiger partial charge in [-0.25, -0.2) is 4.98 Å². The van der Waals surface area contributed by atoms with E-state index in [9.17, 15) is 0 Å². The molecule has 0 saturated carbocycles. The number of para-hydroxylation sites is 1. The van der Waals surface area contributed by atoms with Crippen LogP contribution in [0.4, 0.5) is 5.95 Å². The molecule has 0 fully saturated rings. The number of nitrogens with zero attached hydrogens (tertiary/aromatic N) is 2. The lowest BCUT2D eigenvalue weighted by Gasteiger charge is -2.11. The van der Waals surface area contributed by atoms with Gasteiger partial charge < -0.3 is 5.73 Å². The zero-order chi connectivity index (χ0) is 13.6. The number of aromatic nitrogens is 2. The Morgan fingerprint density at radius 1 is 1.16 bits per heavy atom. The summed E-state index contributed by atoms with van der Waals surface area (Å²) < 4.78 is 1.85. The standard InChI is InChI=1S/C14H11Cl2N3/c1-8-3-2-4-10(16)13(8)19-12-6-5-9(15)7-11(12)18-14(19)17/h2-7H,1H3,(H2,17,18). The number of halogens is 2. The van der Waals surface area contributed by atoms with Crippen molar-refractivity contribution in [1.82, 2.24) is 9.55 Å². The number of imidazole rings is 1. The van der Waals surface area contributed by atoms with Crippen LogP contribution in [-0.2, 0) is 0 Å². The summed E-state index contributed by atoms with van der Waals surface area (Å²) in [7, 11) is 0. The number of hydrogen-bond donors (Lipinski definition) is 1. The number of anilines is 1. The van der Waals surface area contributed by atoms with Gasteiger partial charge in [-0.3, -0.25) is 4.57 Å². The number of nitrogen functional groups attached to an aromatic ring is 1. The summed E-state index contributed by atoms with van der Waals surface area (Å²) in [6.07, 6.45) is 0. The van der Waals surface area contributed by atoms with Crippen molar-refractivity contribution in [3.05, 3.63) is 52.0 Å². The Morgan fingerprint density at radius 2 is 1.95 bits per heavy atom. The van der Waals surface area contributed by atoms with E-state index in [0.717, 1.165) is 22.3 Å². The monoisotopic (exact) mass is 291 g/mol. The average molecular weight is 292 g/mol. The van der Waals surface area contributed by atoms with E-state index in [0.29, 0.717) is 16.0 Å². The molecule has 0 aliphatic carbocycles. The first-order chi connectivity index (χ1) is 9.08. The Kier molecular flexibility index (Phi) is 2.88. The van der Waals surface area contributed by atoms with Crippen molar-refractivity contribution in [2.24, 2.45) is 0 Å². The minimum Gasteiger partial charge on any atom is -0.369 e. The minimum absolute atomic E-state index is 0.397. The van der Waals surface area contributed by atoms with Gasteiger partial charge in [-0.15, -0.1) is 0 Å². The third kappa shape index (κ3) is 1.95. The van der Waals surface area contributed by atoms with Crippen LogP contribution in [0.3, 0.4) is 0 Å². The number of aryl methyl sites for hydroxylation is 1. The van der Waals surface area contributed by atoms with Gasteiger partial charge in [0.2, 0.25) is 5.95 Å². The SMILES string of the molecule is Cc1cccc(Cl)c1-n1c(N)nc2cc(Cl)ccc21. The van der Waals surface area contributed by atoms with Crippen LogP contribution in [0.5, 0.6) is 0 Å². The van der Waals surface area contributed by atoms with E-state index in [4.69, 9.17) is 28.9 Å². The molecule has 3 nitrogen and oxygen atoms in total. The van der Waals surface area contributed by atoms with Gasteiger partial charge >= 0.3 is 0 Å². The fourth-order valence-electron chi connectivity index (χ4n) is 2.21. The highest BCUT2D eigenvalue weighted by atomic mass is 35.5. The first kappa shape index (κ1) is 12.3. The second kappa shape index (κ2) is 4.44. The molecule has 96 valence electrons. The number of fused-ring (bicyclic) bond motifs is 1. The molecule has 2 N–H and O–H groups in total. The Morgan fingerprint density at radius 3 is 2.68 bits per heavy atom. The zero-order valence-corrected chi connectivity index (χ0v) is 11.7. The first-order valence-corrected chi connectivity index (χ1v) is 6.52. The van der Waals surface area contributed by atoms with Crippen molar-refractivity contribution in [1.29, 1.82) is 0 Å². The fraction of sp³-hybridized carbons (Fsp3) is 0.0714. The molecule has 0 aliphatic heterocycles. The van der Waals surface area contributed by atoms with E-state index in [1.165, 1.54) is 0 Å². The van der Waals surface area contributed by atoms with Gasteiger partial charge in [-0.1, -0.05) is 35.3 Å². The molecule has 3 rings (SSSR count). The molecular weight excluding hydrogens is 281 g/mol. The highest BCUT2D eigenvalue weighted by Gasteiger charge is 2.14. The van der Waals surface area contributed by atoms with Crippen LogP contribution in [0.15, 0.2) is 36.4 Å². The second-order valence-corrected chi connectivity index (χ2v) is 5.19. The molecule has 3 aromatic rings. The normalized spacial score (nSPS) is 11.1. The summed E-state index contributed by atoms with van der Waals surface area (Å²) in [5, 5.41) is 1.27. The largest absolute Gasteiger partial charge is 0.369 e. The average Bonchev–Trinajstić information content (AvgIpc) is 2.65. The molecule has 0 spiro atoms. The lowest BCUT2D eigenvalue weighted by molar-refractivity contribution is 1.09. The number of rotatable bonds is 1. The van der Waals surface area contributed by atoms with Crippen LogP contribution >= 0.6 is 23.2 Å². The minimum atomic E-state index is 0.397. The molecular formula is C14H11Cl2N3. The van der Waals surface area contributed by atoms with E-state index in [1.54, 1.807) is 6.07 Å². The summed E-state index contributed by atoms with van der Waals surface area (Å²) in [4.78, 5) is 4.33. The maximum absolute atomic E-state index is 6.29. The summed E-state index contributed by atoms with van der Waals surface area (Å²) in [6, 6.07) is 11.2. The Labute approximate surface area is 120 Å². The second-order valence-electron chi connectivity index (χ2n) is 4.34. The van der Waals surface area contributed by atoms with Crippen LogP contribution in [0, 0.1) is 6.92 Å². The van der Waals surface area contributed by atoms with E-state index in [2.05, 4.69) is 4.98 Å². The number of hydrogen-bond acceptors (Lipinski definition) is 2. The Bertz CT molecular complexity index is 757. The lowest BCUT2D eigenvalue weighted by atomic mass is 10.2. The highest BCUT2D eigenvalue weighted by molar-refractivity contribution is 6.32. The van der Waals surface area contributed by atoms with Crippen LogP contribution in [0.25, 0.3) is 16.7 Å². The smallest absolute Gasteiger partial charge is 0.205 e. The van der Waals surface area contributed by atoms with E-state index < -0.39 is 0 Å². The molecule has 19 heavy (non-hydrogen) atoms. The zero-order valence-electron chi connectivity index (χ0n) is 10.2. The summed E-state index contributed by atoms with van der Waals surface area (Å²) in [5.41, 5.74) is 9.55. The van der Waals surface area contributed by atoms with Crippen LogP contribution < -0.4 is 5.73 Å². The number of benzene rings is 2. The van der Waals surface area contributed by atoms with Crippen LogP contribution in [0.2, 0.25) is 10.0 Å². The maximum atomic E-state index is 6.29. The Hall–Kier alpha value is -1.71. The van der Waals surface area contributed by atoms with E-state index >= 15 is 0 Å². The summed E-state index contributed by atoms with van der Waals surface area (Å²) in [6.45, 7) is 1.99. The van der Waals surface area contributed by atoms with Gasteiger partial charge in [-0.05, 0) is 36.8 Å². The predicted octanol–water partition coefficient (Wildman–Crippen LogP) is 4.22. The third-order valence-corrected chi connectivity index (χ3v) is 3.59. The predicted molar refractivity (Wildman–Crippen MR) is 80.2 cm³/mol. The first-order valence-electron chi connectivity index (χ1n) is 5.77. The Balaban J connectivity index is 2.40. The number of nitrogens with two attached hydrogens (primary N) is 1. The van der Waals surface area contributed by atoms with Gasteiger partial charge in [0.05, 0.1) is 21.7 Å². The lowest BCUT2D eigenvalue weighted by Crippen LogP contribution is -2.03. The van der Waals surface area contributed by atoms with Gasteiger partial charge in [0, 0.05) is 5.02 Å². The quantitative estimate of drug-likeness (QED) is 0.729. The molecule has 0 aliphatic rings. The van der Waals surface area contributed by atoms with Crippen molar-refractivity contribution in [2.75, 3.05) is 5.73 Å². The van der Waals surface area contributed by atoms with Crippen LogP contribution in [-0.4, -0.2) is 9.55 Å². The van der Waals surface area contributed by atoms with Crippen LogP contribution in [0.1, 0.15) is 5.56 Å². The van der Waals surface area contributed by atoms with Crippen molar-refractivity contribution in [2.45, 2.75) is 6.92 Å². The van der Waals surface area contributed by atoms with Gasteiger partial charge in [0.1, 0.15) is 0 Å². The molecule has 5 heteroatoms. The van der Waals surface area contributed by atoms with Gasteiger partial charge in [-0.2, -0.15) is 0 Å². The fourth-order valence-corrected chi connectivity index (χ4v) is 2.69. The van der Waals surface area contributed by atoms with E-state index in [-0.39, 0.29) is 0 Å². The molecule has 0 bridgehead atoms. The highest BCUT2D eigenvalue weighted by Crippen LogP contribution is 2.31. The topological polar surface area (TPSA) is 43.8 Å². The molecule has 1 heterocycles. The third-order valence-electron chi connectivity index (χ3n) is 3.05. The van der Waals surface area contributed by atoms with Gasteiger partial charge in [0.25, 0.3) is 0 Å². The molecule has 1 aromatic heterocycles. The molecule has 2 aromatic carbocycles. The summed E-state index contributed by atoms with van der Waals surface area (Å²) in [5.74, 6) is 0.397. The molecule has 0 saturated heterocycles.